The molecule has 0 fully saturated rings. The lowest BCUT2D eigenvalue weighted by atomic mass is 10.9. The molecule has 0 amide bonds. The van der Waals surface area contributed by atoms with Gasteiger partial charge in [-0.15, -0.1) is 0 Å². The molecule has 38 valence electrons. The third-order valence-electron chi connectivity index (χ3n) is 0. The predicted molar refractivity (Wildman–Crippen MR) is 26.7 cm³/mol. The summed E-state index contributed by atoms with van der Waals surface area (Å²) in [6.07, 6.45) is 0. The van der Waals surface area contributed by atoms with Crippen molar-refractivity contribution in [3.63, 3.8) is 0 Å². The highest BCUT2D eigenvalue weighted by molar-refractivity contribution is 6.67. The molecule has 0 aromatic rings. The van der Waals surface area contributed by atoms with Gasteiger partial charge >= 0.3 is 0 Å². The van der Waals surface area contributed by atoms with Crippen LogP contribution < -0.4 is 0 Å². The molecule has 0 aliphatic rings. The third-order valence-corrected chi connectivity index (χ3v) is 0. The fraction of sp³-hybridized carbons (Fsp3) is 1.00. The van der Waals surface area contributed by atoms with Crippen molar-refractivity contribution >= 4 is 34.8 Å². The van der Waals surface area contributed by atoms with Gasteiger partial charge in [-0.1, -0.05) is 34.8 Å². The van der Waals surface area contributed by atoms with Gasteiger partial charge in [-0.25, -0.2) is 0 Å². The van der Waals surface area contributed by atoms with Gasteiger partial charge < -0.3 is 0 Å². The molecule has 4 heteroatoms. The Bertz CT molecular complexity index is 24.3. The molecule has 0 N–H and O–H groups in total. The Morgan fingerprint density at radius 3 is 1.17 bits per heavy atom. The number of hydrogen-bond acceptors (Lipinski definition) is 0. The van der Waals surface area contributed by atoms with E-state index in [2.05, 4.69) is 0 Å². The summed E-state index contributed by atoms with van der Waals surface area (Å²) in [6.45, 7) is 1.48. The molecule has 0 aliphatic heterocycles. The molecule has 0 spiro atoms. The van der Waals surface area contributed by atoms with Crippen LogP contribution in [0.5, 0.6) is 0 Å². The van der Waals surface area contributed by atoms with Crippen molar-refractivity contribution in [1.29, 1.82) is 0 Å². The molecular weight excluding hydrogens is 146 g/mol. The molecule has 0 aromatic heterocycles. The van der Waals surface area contributed by atoms with E-state index in [-0.39, 0.29) is 5.48 Å². The van der Waals surface area contributed by atoms with E-state index in [1.165, 1.54) is 6.92 Å². The minimum atomic E-state index is -1.08. The summed E-state index contributed by atoms with van der Waals surface area (Å²) in [5.74, 6) is 0. The van der Waals surface area contributed by atoms with Gasteiger partial charge in [-0.2, -0.15) is 0 Å². The Morgan fingerprint density at radius 2 is 1.17 bits per heavy atom. The number of alkyl halides is 3. The molecule has 0 aliphatic carbocycles. The summed E-state index contributed by atoms with van der Waals surface area (Å²) in [5.41, 5.74) is 0. The second-order valence-electron chi connectivity index (χ2n) is 0.781. The van der Waals surface area contributed by atoms with E-state index < -0.39 is 3.79 Å². The average Bonchev–Trinajstić information content (AvgIpc) is 0.722. The van der Waals surface area contributed by atoms with Crippen LogP contribution in [-0.4, -0.2) is 3.79 Å². The first-order chi connectivity index (χ1) is 2.00. The Morgan fingerprint density at radius 1 is 1.17 bits per heavy atom. The van der Waals surface area contributed by atoms with Crippen LogP contribution in [0.1, 0.15) is 6.92 Å². The maximum absolute atomic E-state index is 5.06. The minimum Gasteiger partial charge on any atom is -0.0840 e. The molecule has 0 bridgehead atoms. The first kappa shape index (κ1) is 9.95. The van der Waals surface area contributed by atoms with E-state index in [4.69, 9.17) is 34.8 Å². The molecule has 0 aromatic carbocycles. The highest BCUT2D eigenvalue weighted by Gasteiger charge is 2.07. The van der Waals surface area contributed by atoms with Crippen LogP contribution in [0.2, 0.25) is 0 Å². The van der Waals surface area contributed by atoms with E-state index in [0.717, 1.165) is 0 Å². The zero-order chi connectivity index (χ0) is 4.50. The molecule has 2 radical (unpaired) electrons. The molecular formula is C2H3Cl3O. The Hall–Kier alpha value is 0.830. The lowest BCUT2D eigenvalue weighted by Gasteiger charge is -1.94. The fourth-order valence-electron chi connectivity index (χ4n) is 0. The van der Waals surface area contributed by atoms with E-state index >= 15 is 0 Å². The van der Waals surface area contributed by atoms with E-state index in [0.29, 0.717) is 0 Å². The summed E-state index contributed by atoms with van der Waals surface area (Å²) >= 11 is 15.2. The highest BCUT2D eigenvalue weighted by Crippen LogP contribution is 2.23. The van der Waals surface area contributed by atoms with Crippen LogP contribution in [-0.2, 0) is 5.48 Å². The van der Waals surface area contributed by atoms with Gasteiger partial charge in [-0.05, 0) is 6.92 Å². The van der Waals surface area contributed by atoms with E-state index in [9.17, 15) is 0 Å². The number of hydrogen-bond donors (Lipinski definition) is 0. The van der Waals surface area contributed by atoms with Crippen LogP contribution in [0.4, 0.5) is 0 Å². The van der Waals surface area contributed by atoms with E-state index in [1.807, 2.05) is 0 Å². The molecule has 0 saturated heterocycles. The van der Waals surface area contributed by atoms with Crippen molar-refractivity contribution in [1.82, 2.24) is 0 Å². The van der Waals surface area contributed by atoms with Crippen LogP contribution in [0, 0.1) is 0 Å². The third kappa shape index (κ3) is 103. The molecule has 0 unspecified atom stereocenters. The Balaban J connectivity index is 0. The van der Waals surface area contributed by atoms with Crippen LogP contribution in [0.25, 0.3) is 0 Å². The summed E-state index contributed by atoms with van der Waals surface area (Å²) in [6, 6.07) is 0. The fourth-order valence-corrected chi connectivity index (χ4v) is 0. The highest BCUT2D eigenvalue weighted by atomic mass is 35.6. The molecule has 1 nitrogen and oxygen atoms in total. The quantitative estimate of drug-likeness (QED) is 0.473. The maximum atomic E-state index is 5.06. The Kier molecular flexibility index (Phi) is 4.84. The lowest BCUT2D eigenvalue weighted by molar-refractivity contribution is 0.686. The topological polar surface area (TPSA) is 28.5 Å². The van der Waals surface area contributed by atoms with Crippen molar-refractivity contribution in [2.45, 2.75) is 10.7 Å². The summed E-state index contributed by atoms with van der Waals surface area (Å²) in [7, 11) is 0. The van der Waals surface area contributed by atoms with Gasteiger partial charge in [0.2, 0.25) is 0 Å². The molecule has 0 heterocycles. The molecule has 6 heavy (non-hydrogen) atoms. The summed E-state index contributed by atoms with van der Waals surface area (Å²) in [5, 5.41) is 0. The van der Waals surface area contributed by atoms with Gasteiger partial charge in [0.15, 0.2) is 3.79 Å². The van der Waals surface area contributed by atoms with Gasteiger partial charge in [0.1, 0.15) is 0 Å². The second kappa shape index (κ2) is 2.92. The zero-order valence-corrected chi connectivity index (χ0v) is 5.31. The van der Waals surface area contributed by atoms with Crippen LogP contribution in [0.15, 0.2) is 0 Å². The van der Waals surface area contributed by atoms with Gasteiger partial charge in [0.25, 0.3) is 0 Å². The second-order valence-corrected chi connectivity index (χ2v) is 3.63. The zero-order valence-electron chi connectivity index (χ0n) is 3.04. The SMILES string of the molecule is CC(Cl)(Cl)Cl.[O]. The first-order valence-corrected chi connectivity index (χ1v) is 2.20. The summed E-state index contributed by atoms with van der Waals surface area (Å²) in [4.78, 5) is 0. The van der Waals surface area contributed by atoms with Crippen molar-refractivity contribution in [3.05, 3.63) is 0 Å². The predicted octanol–water partition coefficient (Wildman–Crippen LogP) is 2.26. The standard InChI is InChI=1S/C2H3Cl3.O/c1-2(3,4)5;/h1H3;. The molecule has 0 saturated carbocycles. The smallest absolute Gasteiger partial charge is 0.0840 e. The van der Waals surface area contributed by atoms with Crippen LogP contribution in [0.3, 0.4) is 0 Å². The van der Waals surface area contributed by atoms with Crippen molar-refractivity contribution < 1.29 is 5.48 Å². The number of rotatable bonds is 0. The minimum absolute atomic E-state index is 0. The normalized spacial score (nSPS) is 10.0. The van der Waals surface area contributed by atoms with Crippen molar-refractivity contribution in [2.24, 2.45) is 0 Å². The van der Waals surface area contributed by atoms with E-state index in [1.54, 1.807) is 0 Å². The van der Waals surface area contributed by atoms with Crippen molar-refractivity contribution in [2.75, 3.05) is 0 Å². The monoisotopic (exact) mass is 148 g/mol. The lowest BCUT2D eigenvalue weighted by Crippen LogP contribution is -1.87. The molecule has 0 rings (SSSR count). The molecule has 0 atom stereocenters. The average molecular weight is 149 g/mol. The summed E-state index contributed by atoms with van der Waals surface area (Å²) < 4.78 is -1.08. The van der Waals surface area contributed by atoms with Gasteiger partial charge in [-0.3, -0.25) is 0 Å². The van der Waals surface area contributed by atoms with Gasteiger partial charge in [0, 0.05) is 5.48 Å². The van der Waals surface area contributed by atoms with Crippen LogP contribution >= 0.6 is 34.8 Å². The Labute approximate surface area is 51.5 Å². The number of halogens is 3. The van der Waals surface area contributed by atoms with Crippen molar-refractivity contribution in [3.8, 4) is 0 Å². The largest absolute Gasteiger partial charge is 0.187 e. The first-order valence-electron chi connectivity index (χ1n) is 1.07. The van der Waals surface area contributed by atoms with Gasteiger partial charge in [0.05, 0.1) is 0 Å². The maximum Gasteiger partial charge on any atom is 0.187 e.